The lowest BCUT2D eigenvalue weighted by Crippen LogP contribution is -2.65. The van der Waals surface area contributed by atoms with Crippen LogP contribution >= 0.6 is 0 Å². The Morgan fingerprint density at radius 1 is 1.19 bits per heavy atom. The maximum Gasteiger partial charge on any atom is 0.205 e. The molecule has 0 spiro atoms. The summed E-state index contributed by atoms with van der Waals surface area (Å²) in [4.78, 5) is 7.56. The molecule has 2 aliphatic rings. The van der Waals surface area contributed by atoms with Gasteiger partial charge in [0, 0.05) is 23.7 Å². The number of hydrogen-bond donors (Lipinski definition) is 2. The van der Waals surface area contributed by atoms with E-state index in [1.54, 1.807) is 25.4 Å². The van der Waals surface area contributed by atoms with E-state index >= 15 is 4.39 Å². The van der Waals surface area contributed by atoms with Crippen molar-refractivity contribution in [3.8, 4) is 28.5 Å². The highest BCUT2D eigenvalue weighted by Gasteiger charge is 2.56. The molecular weight excluding hydrogens is 413 g/mol. The van der Waals surface area contributed by atoms with Gasteiger partial charge in [0.25, 0.3) is 0 Å². The van der Waals surface area contributed by atoms with Gasteiger partial charge in [-0.2, -0.15) is 4.80 Å². The van der Waals surface area contributed by atoms with Crippen molar-refractivity contribution in [2.75, 3.05) is 11.9 Å². The predicted molar refractivity (Wildman–Crippen MR) is 116 cm³/mol. The Kier molecular flexibility index (Phi) is 4.63. The predicted octanol–water partition coefficient (Wildman–Crippen LogP) is 1.88. The third kappa shape index (κ3) is 3.36. The van der Waals surface area contributed by atoms with E-state index in [0.717, 1.165) is 12.8 Å². The third-order valence-electron chi connectivity index (χ3n) is 6.80. The summed E-state index contributed by atoms with van der Waals surface area (Å²) in [6, 6.07) is 4.67. The van der Waals surface area contributed by atoms with Gasteiger partial charge < -0.3 is 15.3 Å². The number of alkyl halides is 1. The van der Waals surface area contributed by atoms with Crippen molar-refractivity contribution in [1.82, 2.24) is 40.7 Å². The number of anilines is 1. The lowest BCUT2D eigenvalue weighted by molar-refractivity contribution is 0.0859. The van der Waals surface area contributed by atoms with Gasteiger partial charge in [0.1, 0.15) is 11.9 Å². The van der Waals surface area contributed by atoms with E-state index in [1.165, 1.54) is 10.9 Å². The first-order valence-corrected chi connectivity index (χ1v) is 10.6. The number of fused-ring (bicyclic) bond motifs is 2. The summed E-state index contributed by atoms with van der Waals surface area (Å²) < 4.78 is 15.4. The fourth-order valence-corrected chi connectivity index (χ4v) is 5.02. The molecule has 2 bridgehead atoms. The number of aryl methyl sites for hydroxylation is 1. The van der Waals surface area contributed by atoms with Gasteiger partial charge in [-0.1, -0.05) is 6.07 Å². The van der Waals surface area contributed by atoms with E-state index in [1.807, 2.05) is 18.9 Å². The summed E-state index contributed by atoms with van der Waals surface area (Å²) in [7, 11) is 3.50. The van der Waals surface area contributed by atoms with Gasteiger partial charge >= 0.3 is 0 Å². The van der Waals surface area contributed by atoms with Crippen LogP contribution in [0, 0.1) is 0 Å². The molecular formula is C21H26FN9O. The van der Waals surface area contributed by atoms with Crippen LogP contribution in [0.1, 0.15) is 33.1 Å². The van der Waals surface area contributed by atoms with Crippen LogP contribution in [-0.4, -0.2) is 70.8 Å². The van der Waals surface area contributed by atoms with Crippen LogP contribution < -0.4 is 10.2 Å². The smallest absolute Gasteiger partial charge is 0.205 e. The van der Waals surface area contributed by atoms with Gasteiger partial charge in [-0.15, -0.1) is 20.4 Å². The van der Waals surface area contributed by atoms with Gasteiger partial charge in [0.05, 0.1) is 24.8 Å². The van der Waals surface area contributed by atoms with Crippen LogP contribution in [0.3, 0.4) is 0 Å². The summed E-state index contributed by atoms with van der Waals surface area (Å²) in [6.07, 6.45) is 2.99. The van der Waals surface area contributed by atoms with Crippen LogP contribution in [0.5, 0.6) is 5.75 Å². The number of rotatable bonds is 4. The Labute approximate surface area is 184 Å². The van der Waals surface area contributed by atoms with Gasteiger partial charge in [-0.25, -0.2) is 9.37 Å². The van der Waals surface area contributed by atoms with Crippen molar-refractivity contribution in [2.24, 2.45) is 7.05 Å². The minimum atomic E-state index is -1.03. The summed E-state index contributed by atoms with van der Waals surface area (Å²) in [5.41, 5.74) is 0.448. The number of nitrogens with one attached hydrogen (secondary N) is 1. The minimum absolute atomic E-state index is 0.0162. The molecule has 0 saturated carbocycles. The molecule has 1 aromatic carbocycles. The highest BCUT2D eigenvalue weighted by molar-refractivity contribution is 5.69. The number of benzene rings is 1. The standard InChI is InChI=1S/C21H26FN9O/c1-20-7-8-21(2,28-20)17(22)14(10-20)30(3)16-11-23-19(25-24-16)13-6-5-12(9-15(13)32)18-26-29-31(4)27-18/h5-6,9,11,14,17,28,32H,7-8,10H2,1-4H3/t14-,17-,20-,21+/m0/s1. The minimum Gasteiger partial charge on any atom is -0.507 e. The molecule has 2 fully saturated rings. The fourth-order valence-electron chi connectivity index (χ4n) is 5.02. The molecule has 2 N–H and O–H groups in total. The number of halogens is 1. The highest BCUT2D eigenvalue weighted by atomic mass is 19.1. The molecule has 10 nitrogen and oxygen atoms in total. The van der Waals surface area contributed by atoms with Crippen LogP contribution in [0.4, 0.5) is 10.2 Å². The molecule has 3 aromatic rings. The van der Waals surface area contributed by atoms with Gasteiger partial charge in [-0.3, -0.25) is 0 Å². The van der Waals surface area contributed by atoms with Crippen molar-refractivity contribution >= 4 is 5.82 Å². The van der Waals surface area contributed by atoms with E-state index in [4.69, 9.17) is 0 Å². The molecule has 32 heavy (non-hydrogen) atoms. The second-order valence-electron chi connectivity index (χ2n) is 9.36. The first-order valence-electron chi connectivity index (χ1n) is 10.6. The largest absolute Gasteiger partial charge is 0.507 e. The van der Waals surface area contributed by atoms with E-state index in [9.17, 15) is 5.11 Å². The van der Waals surface area contributed by atoms with Crippen LogP contribution in [0.15, 0.2) is 24.4 Å². The van der Waals surface area contributed by atoms with E-state index in [-0.39, 0.29) is 23.2 Å². The monoisotopic (exact) mass is 439 g/mol. The van der Waals surface area contributed by atoms with Crippen molar-refractivity contribution in [3.05, 3.63) is 24.4 Å². The number of aromatic hydroxyl groups is 1. The molecule has 5 rings (SSSR count). The van der Waals surface area contributed by atoms with Crippen LogP contribution in [0.2, 0.25) is 0 Å². The molecule has 0 radical (unpaired) electrons. The Bertz CT molecular complexity index is 1150. The Morgan fingerprint density at radius 3 is 2.66 bits per heavy atom. The average molecular weight is 439 g/mol. The molecule has 0 aliphatic carbocycles. The molecule has 4 atom stereocenters. The van der Waals surface area contributed by atoms with E-state index in [0.29, 0.717) is 29.2 Å². The van der Waals surface area contributed by atoms with Crippen molar-refractivity contribution in [1.29, 1.82) is 0 Å². The Morgan fingerprint density at radius 2 is 2.00 bits per heavy atom. The van der Waals surface area contributed by atoms with E-state index < -0.39 is 11.7 Å². The van der Waals surface area contributed by atoms with Crippen molar-refractivity contribution in [2.45, 2.75) is 56.4 Å². The second-order valence-corrected chi connectivity index (χ2v) is 9.36. The maximum absolute atomic E-state index is 15.4. The van der Waals surface area contributed by atoms with Gasteiger partial charge in [-0.05, 0) is 50.5 Å². The van der Waals surface area contributed by atoms with E-state index in [2.05, 4.69) is 42.8 Å². The molecule has 0 unspecified atom stereocenters. The maximum atomic E-state index is 15.4. The summed E-state index contributed by atoms with van der Waals surface area (Å²) in [6.45, 7) is 4.11. The zero-order valence-corrected chi connectivity index (χ0v) is 18.5. The molecule has 2 saturated heterocycles. The zero-order valence-electron chi connectivity index (χ0n) is 18.5. The third-order valence-corrected chi connectivity index (χ3v) is 6.80. The number of nitrogens with zero attached hydrogens (tertiary/aromatic N) is 8. The second kappa shape index (κ2) is 7.16. The number of aromatic nitrogens is 7. The SMILES string of the molecule is CN(c1cnc(-c2ccc(-c3nnn(C)n3)cc2O)nn1)[C@H]1C[C@]2(C)CC[C@@](C)(N2)[C@H]1F. The molecule has 168 valence electrons. The summed E-state index contributed by atoms with van der Waals surface area (Å²) in [5, 5.41) is 34.3. The number of phenolic OH excluding ortho intramolecular Hbond substituents is 1. The van der Waals surface area contributed by atoms with Crippen LogP contribution in [0.25, 0.3) is 22.8 Å². The molecule has 4 heterocycles. The van der Waals surface area contributed by atoms with Crippen LogP contribution in [-0.2, 0) is 7.05 Å². The number of hydrogen-bond acceptors (Lipinski definition) is 9. The molecule has 2 aromatic heterocycles. The lowest BCUT2D eigenvalue weighted by atomic mass is 9.82. The number of piperidine rings is 1. The fraction of sp³-hybridized carbons (Fsp3) is 0.524. The number of tetrazole rings is 1. The Hall–Kier alpha value is -3.21. The highest BCUT2D eigenvalue weighted by Crippen LogP contribution is 2.45. The first kappa shape index (κ1) is 20.7. The molecule has 11 heteroatoms. The molecule has 0 amide bonds. The topological polar surface area (TPSA) is 118 Å². The Balaban J connectivity index is 1.37. The average Bonchev–Trinajstić information content (AvgIpc) is 3.32. The quantitative estimate of drug-likeness (QED) is 0.628. The lowest BCUT2D eigenvalue weighted by Gasteiger charge is -2.47. The zero-order chi connectivity index (χ0) is 22.7. The number of phenols is 1. The summed E-state index contributed by atoms with van der Waals surface area (Å²) >= 11 is 0. The van der Waals surface area contributed by atoms with Gasteiger partial charge in [0.2, 0.25) is 5.82 Å². The molecule has 2 aliphatic heterocycles. The van der Waals surface area contributed by atoms with Crippen molar-refractivity contribution < 1.29 is 9.50 Å². The normalized spacial score (nSPS) is 29.3. The first-order chi connectivity index (χ1) is 15.2. The summed E-state index contributed by atoms with van der Waals surface area (Å²) in [5.74, 6) is 1.16. The van der Waals surface area contributed by atoms with Crippen molar-refractivity contribution in [3.63, 3.8) is 0 Å². The van der Waals surface area contributed by atoms with Gasteiger partial charge in [0.15, 0.2) is 11.6 Å².